The lowest BCUT2D eigenvalue weighted by Gasteiger charge is -2.15. The molecule has 0 spiro atoms. The van der Waals surface area contributed by atoms with Crippen LogP contribution >= 0.6 is 22.9 Å². The summed E-state index contributed by atoms with van der Waals surface area (Å²) in [7, 11) is 0. The van der Waals surface area contributed by atoms with Crippen LogP contribution in [-0.2, 0) is 0 Å². The molecule has 1 aromatic rings. The molecule has 2 unspecified atom stereocenters. The van der Waals surface area contributed by atoms with E-state index < -0.39 is 0 Å². The van der Waals surface area contributed by atoms with Gasteiger partial charge in [0, 0.05) is 5.92 Å². The maximum atomic E-state index is 4.04. The molecule has 0 bridgehead atoms. The third kappa shape index (κ3) is 5.17. The lowest BCUT2D eigenvalue weighted by molar-refractivity contribution is 0.403. The molecular formula is C13H19IN4. The van der Waals surface area contributed by atoms with Gasteiger partial charge in [-0.1, -0.05) is 45.5 Å². The van der Waals surface area contributed by atoms with Crippen LogP contribution in [0.3, 0.4) is 0 Å². The molecule has 1 heterocycles. The number of nitrogens with zero attached hydrogens (tertiary/aromatic N) is 4. The molecule has 0 N–H and O–H groups in total. The fraction of sp³-hybridized carbons (Fsp3) is 0.615. The van der Waals surface area contributed by atoms with Crippen molar-refractivity contribution in [3.05, 3.63) is 11.9 Å². The monoisotopic (exact) mass is 358 g/mol. The van der Waals surface area contributed by atoms with Gasteiger partial charge >= 0.3 is 0 Å². The van der Waals surface area contributed by atoms with Crippen LogP contribution in [0.4, 0.5) is 0 Å². The topological polar surface area (TPSA) is 43.6 Å². The van der Waals surface area contributed by atoms with E-state index in [4.69, 9.17) is 0 Å². The van der Waals surface area contributed by atoms with Crippen molar-refractivity contribution >= 4 is 28.9 Å². The van der Waals surface area contributed by atoms with Crippen LogP contribution in [0.25, 0.3) is 6.08 Å². The smallest absolute Gasteiger partial charge is 0.122 e. The Morgan fingerprint density at radius 1 is 1.44 bits per heavy atom. The summed E-state index contributed by atoms with van der Waals surface area (Å²) in [5, 5.41) is 11.6. The summed E-state index contributed by atoms with van der Waals surface area (Å²) in [6.45, 7) is 6.69. The van der Waals surface area contributed by atoms with E-state index in [2.05, 4.69) is 48.0 Å². The Morgan fingerprint density at radius 2 is 2.22 bits per heavy atom. The molecule has 0 aliphatic heterocycles. The first kappa shape index (κ1) is 15.2. The van der Waals surface area contributed by atoms with Gasteiger partial charge in [-0.2, -0.15) is 0 Å². The molecule has 0 radical (unpaired) electrons. The molecule has 0 aromatic carbocycles. The number of rotatable bonds is 5. The summed E-state index contributed by atoms with van der Waals surface area (Å²) in [4.78, 5) is 0. The van der Waals surface area contributed by atoms with Crippen LogP contribution in [0.5, 0.6) is 0 Å². The Balaban J connectivity index is 2.59. The molecule has 0 aliphatic rings. The van der Waals surface area contributed by atoms with Crippen molar-refractivity contribution in [1.82, 2.24) is 18.4 Å². The van der Waals surface area contributed by atoms with Crippen LogP contribution < -0.4 is 0 Å². The van der Waals surface area contributed by atoms with Gasteiger partial charge in [-0.05, 0) is 29.7 Å². The summed E-state index contributed by atoms with van der Waals surface area (Å²) in [6.07, 6.45) is 7.11. The SMILES string of the molecule is CCCC(C#C/C=C/c1nnn(I)n1)C(C)CC. The fourth-order valence-corrected chi connectivity index (χ4v) is 1.96. The summed E-state index contributed by atoms with van der Waals surface area (Å²) in [6, 6.07) is 0. The maximum absolute atomic E-state index is 4.04. The first-order valence-electron chi connectivity index (χ1n) is 6.31. The number of hydrogen-bond donors (Lipinski definition) is 0. The minimum atomic E-state index is 0.484. The molecule has 0 saturated heterocycles. The van der Waals surface area contributed by atoms with Crippen molar-refractivity contribution in [3.63, 3.8) is 0 Å². The highest BCUT2D eigenvalue weighted by molar-refractivity contribution is 14.1. The average molecular weight is 358 g/mol. The van der Waals surface area contributed by atoms with Crippen molar-refractivity contribution in [1.29, 1.82) is 0 Å². The van der Waals surface area contributed by atoms with Crippen LogP contribution in [0.2, 0.25) is 0 Å². The largest absolute Gasteiger partial charge is 0.199 e. The van der Waals surface area contributed by atoms with Crippen LogP contribution in [0.1, 0.15) is 45.9 Å². The second kappa shape index (κ2) is 8.25. The van der Waals surface area contributed by atoms with Crippen molar-refractivity contribution in [3.8, 4) is 11.8 Å². The highest BCUT2D eigenvalue weighted by atomic mass is 127. The van der Waals surface area contributed by atoms with E-state index in [1.54, 1.807) is 12.2 Å². The molecule has 4 nitrogen and oxygen atoms in total. The minimum absolute atomic E-state index is 0.484. The van der Waals surface area contributed by atoms with Crippen LogP contribution in [-0.4, -0.2) is 18.4 Å². The van der Waals surface area contributed by atoms with Gasteiger partial charge in [0.05, 0.1) is 0 Å². The van der Waals surface area contributed by atoms with E-state index in [-0.39, 0.29) is 0 Å². The average Bonchev–Trinajstić information content (AvgIpc) is 2.78. The Morgan fingerprint density at radius 3 is 2.78 bits per heavy atom. The zero-order valence-electron chi connectivity index (χ0n) is 11.1. The highest BCUT2D eigenvalue weighted by Gasteiger charge is 2.11. The molecule has 0 amide bonds. The third-order valence-electron chi connectivity index (χ3n) is 2.92. The Bertz CT molecular complexity index is 441. The molecular weight excluding hydrogens is 339 g/mol. The molecule has 18 heavy (non-hydrogen) atoms. The van der Waals surface area contributed by atoms with E-state index in [1.807, 2.05) is 22.9 Å². The fourth-order valence-electron chi connectivity index (χ4n) is 1.64. The van der Waals surface area contributed by atoms with Gasteiger partial charge < -0.3 is 0 Å². The van der Waals surface area contributed by atoms with E-state index in [1.165, 1.54) is 15.9 Å². The number of halogens is 1. The van der Waals surface area contributed by atoms with E-state index in [9.17, 15) is 0 Å². The Labute approximate surface area is 123 Å². The summed E-state index contributed by atoms with van der Waals surface area (Å²) >= 11 is 1.96. The van der Waals surface area contributed by atoms with Gasteiger partial charge in [0.1, 0.15) is 22.9 Å². The van der Waals surface area contributed by atoms with E-state index >= 15 is 0 Å². The first-order valence-corrected chi connectivity index (χ1v) is 7.27. The van der Waals surface area contributed by atoms with Gasteiger partial charge in [0.25, 0.3) is 0 Å². The number of tetrazole rings is 1. The third-order valence-corrected chi connectivity index (χ3v) is 3.33. The second-order valence-corrected chi connectivity index (χ2v) is 5.15. The van der Waals surface area contributed by atoms with Gasteiger partial charge in [-0.25, -0.2) is 0 Å². The Hall–Kier alpha value is -0.900. The van der Waals surface area contributed by atoms with E-state index in [0.29, 0.717) is 17.7 Å². The van der Waals surface area contributed by atoms with Gasteiger partial charge in [-0.3, -0.25) is 0 Å². The normalized spacial score (nSPS) is 14.2. The molecule has 0 aliphatic carbocycles. The molecule has 1 aromatic heterocycles. The number of hydrogen-bond acceptors (Lipinski definition) is 3. The van der Waals surface area contributed by atoms with Crippen LogP contribution in [0, 0.1) is 23.7 Å². The van der Waals surface area contributed by atoms with Crippen molar-refractivity contribution in [2.75, 3.05) is 0 Å². The molecule has 0 fully saturated rings. The lowest BCUT2D eigenvalue weighted by atomic mass is 9.88. The molecule has 98 valence electrons. The van der Waals surface area contributed by atoms with Crippen molar-refractivity contribution in [2.45, 2.75) is 40.0 Å². The van der Waals surface area contributed by atoms with Crippen molar-refractivity contribution < 1.29 is 0 Å². The molecule has 5 heteroatoms. The minimum Gasteiger partial charge on any atom is -0.122 e. The predicted molar refractivity (Wildman–Crippen MR) is 81.9 cm³/mol. The highest BCUT2D eigenvalue weighted by Crippen LogP contribution is 2.19. The number of aromatic nitrogens is 4. The Kier molecular flexibility index (Phi) is 6.94. The molecule has 1 rings (SSSR count). The van der Waals surface area contributed by atoms with Crippen molar-refractivity contribution in [2.24, 2.45) is 11.8 Å². The van der Waals surface area contributed by atoms with Crippen LogP contribution in [0.15, 0.2) is 6.08 Å². The quantitative estimate of drug-likeness (QED) is 0.599. The van der Waals surface area contributed by atoms with Gasteiger partial charge in [-0.15, -0.1) is 13.2 Å². The predicted octanol–water partition coefficient (Wildman–Crippen LogP) is 3.35. The zero-order chi connectivity index (χ0) is 13.4. The van der Waals surface area contributed by atoms with E-state index in [0.717, 1.165) is 6.42 Å². The lowest BCUT2D eigenvalue weighted by Crippen LogP contribution is -2.08. The summed E-state index contributed by atoms with van der Waals surface area (Å²) in [5.41, 5.74) is 0. The second-order valence-electron chi connectivity index (χ2n) is 4.29. The summed E-state index contributed by atoms with van der Waals surface area (Å²) < 4.78 is 1.41. The standard InChI is InChI=1S/C13H19IN4/c1-4-8-12(11(3)5-2)9-6-7-10-13-15-17-18(14)16-13/h7,10-12H,4-5,8H2,1-3H3/b10-7+. The maximum Gasteiger partial charge on any atom is 0.199 e. The number of allylic oxidation sites excluding steroid dienone is 1. The zero-order valence-corrected chi connectivity index (χ0v) is 13.3. The molecule has 2 atom stereocenters. The van der Waals surface area contributed by atoms with Gasteiger partial charge in [0.15, 0.2) is 5.82 Å². The van der Waals surface area contributed by atoms with Gasteiger partial charge in [0.2, 0.25) is 0 Å². The first-order chi connectivity index (χ1) is 8.67. The summed E-state index contributed by atoms with van der Waals surface area (Å²) in [5.74, 6) is 8.15. The molecule has 0 saturated carbocycles.